The Bertz CT molecular complexity index is 768. The molecule has 3 rings (SSSR count). The van der Waals surface area contributed by atoms with Gasteiger partial charge in [0.25, 0.3) is 0 Å². The zero-order valence-corrected chi connectivity index (χ0v) is 15.5. The van der Waals surface area contributed by atoms with Gasteiger partial charge < -0.3 is 14.4 Å². The maximum atomic E-state index is 13.8. The fourth-order valence-electron chi connectivity index (χ4n) is 2.72. The van der Waals surface area contributed by atoms with E-state index in [0.717, 1.165) is 5.75 Å². The van der Waals surface area contributed by atoms with Gasteiger partial charge in [0.1, 0.15) is 12.4 Å². The molecule has 0 saturated heterocycles. The van der Waals surface area contributed by atoms with Crippen molar-refractivity contribution < 1.29 is 18.7 Å². The van der Waals surface area contributed by atoms with Crippen LogP contribution < -0.4 is 9.47 Å². The van der Waals surface area contributed by atoms with E-state index in [1.807, 2.05) is 24.3 Å². The number of para-hydroxylation sites is 2. The van der Waals surface area contributed by atoms with Gasteiger partial charge in [0.2, 0.25) is 5.91 Å². The average Bonchev–Trinajstić information content (AvgIpc) is 2.60. The van der Waals surface area contributed by atoms with Gasteiger partial charge in [-0.25, -0.2) is 4.39 Å². The molecule has 132 valence electrons. The number of halogens is 2. The number of fused-ring (bicyclic) bond motifs is 1. The third kappa shape index (κ3) is 4.51. The van der Waals surface area contributed by atoms with E-state index in [4.69, 9.17) is 9.47 Å². The molecule has 2 aromatic carbocycles. The number of carbonyl (C=O) groups is 1. The second kappa shape index (κ2) is 7.87. The van der Waals surface area contributed by atoms with E-state index in [-0.39, 0.29) is 24.2 Å². The summed E-state index contributed by atoms with van der Waals surface area (Å²) >= 11 is 3.23. The molecular weight excluding hydrogens is 389 g/mol. The number of aryl methyl sites for hydroxylation is 1. The standard InChI is InChI=1S/C19H19BrFNO3/c1-22(11-15-12-24-17-4-2-3-5-18(17)25-15)19(23)9-7-13-6-8-14(20)10-16(13)21/h2-6,8,10,15H,7,9,11-12H2,1H3. The van der Waals surface area contributed by atoms with Crippen molar-refractivity contribution in [1.82, 2.24) is 4.90 Å². The maximum absolute atomic E-state index is 13.8. The van der Waals surface area contributed by atoms with Crippen LogP contribution in [0.4, 0.5) is 4.39 Å². The zero-order chi connectivity index (χ0) is 17.8. The predicted molar refractivity (Wildman–Crippen MR) is 96.4 cm³/mol. The summed E-state index contributed by atoms with van der Waals surface area (Å²) in [5, 5.41) is 0. The first kappa shape index (κ1) is 17.7. The zero-order valence-electron chi connectivity index (χ0n) is 13.9. The van der Waals surface area contributed by atoms with Gasteiger partial charge in [0, 0.05) is 17.9 Å². The summed E-state index contributed by atoms with van der Waals surface area (Å²) in [6.45, 7) is 0.825. The number of hydrogen-bond acceptors (Lipinski definition) is 3. The molecule has 0 N–H and O–H groups in total. The van der Waals surface area contributed by atoms with Gasteiger partial charge in [-0.3, -0.25) is 4.79 Å². The van der Waals surface area contributed by atoms with Crippen LogP contribution in [0, 0.1) is 5.82 Å². The smallest absolute Gasteiger partial charge is 0.222 e. The Morgan fingerprint density at radius 1 is 1.28 bits per heavy atom. The van der Waals surface area contributed by atoms with Gasteiger partial charge in [-0.2, -0.15) is 0 Å². The average molecular weight is 408 g/mol. The molecule has 1 unspecified atom stereocenters. The van der Waals surface area contributed by atoms with Gasteiger partial charge in [-0.05, 0) is 36.2 Å². The summed E-state index contributed by atoms with van der Waals surface area (Å²) in [5.41, 5.74) is 0.538. The van der Waals surface area contributed by atoms with E-state index in [2.05, 4.69) is 15.9 Å². The quantitative estimate of drug-likeness (QED) is 0.755. The monoisotopic (exact) mass is 407 g/mol. The lowest BCUT2D eigenvalue weighted by atomic mass is 10.1. The van der Waals surface area contributed by atoms with Crippen molar-refractivity contribution in [2.24, 2.45) is 0 Å². The Labute approximate surface area is 154 Å². The molecule has 0 aliphatic carbocycles. The Morgan fingerprint density at radius 2 is 2.04 bits per heavy atom. The fourth-order valence-corrected chi connectivity index (χ4v) is 3.05. The minimum absolute atomic E-state index is 0.0511. The Balaban J connectivity index is 1.51. The van der Waals surface area contributed by atoms with Crippen LogP contribution >= 0.6 is 15.9 Å². The van der Waals surface area contributed by atoms with E-state index in [9.17, 15) is 9.18 Å². The predicted octanol–water partition coefficient (Wildman–Crippen LogP) is 3.82. The van der Waals surface area contributed by atoms with Crippen LogP contribution in [0.1, 0.15) is 12.0 Å². The van der Waals surface area contributed by atoms with Crippen molar-refractivity contribution in [3.05, 3.63) is 58.3 Å². The van der Waals surface area contributed by atoms with E-state index in [1.165, 1.54) is 6.07 Å². The van der Waals surface area contributed by atoms with Crippen LogP contribution in [0.15, 0.2) is 46.9 Å². The third-order valence-electron chi connectivity index (χ3n) is 4.09. The highest BCUT2D eigenvalue weighted by Gasteiger charge is 2.23. The molecule has 25 heavy (non-hydrogen) atoms. The number of likely N-dealkylation sites (N-methyl/N-ethyl adjacent to an activating group) is 1. The highest BCUT2D eigenvalue weighted by atomic mass is 79.9. The molecule has 1 aliphatic rings. The molecule has 1 atom stereocenters. The molecule has 0 aromatic heterocycles. The summed E-state index contributed by atoms with van der Waals surface area (Å²) in [5.74, 6) is 1.06. The molecule has 0 radical (unpaired) electrons. The molecule has 1 amide bonds. The van der Waals surface area contributed by atoms with E-state index in [1.54, 1.807) is 24.1 Å². The summed E-state index contributed by atoms with van der Waals surface area (Å²) < 4.78 is 26.0. The first-order valence-corrected chi connectivity index (χ1v) is 8.88. The second-order valence-corrected chi connectivity index (χ2v) is 6.92. The van der Waals surface area contributed by atoms with Gasteiger partial charge in [-0.15, -0.1) is 0 Å². The summed E-state index contributed by atoms with van der Waals surface area (Å²) in [6.07, 6.45) is 0.403. The fraction of sp³-hybridized carbons (Fsp3) is 0.316. The lowest BCUT2D eigenvalue weighted by Crippen LogP contribution is -2.41. The largest absolute Gasteiger partial charge is 0.486 e. The van der Waals surface area contributed by atoms with Gasteiger partial charge in [0.15, 0.2) is 17.6 Å². The van der Waals surface area contributed by atoms with Gasteiger partial charge >= 0.3 is 0 Å². The Morgan fingerprint density at radius 3 is 2.80 bits per heavy atom. The number of carbonyl (C=O) groups excluding carboxylic acids is 1. The normalized spacial score (nSPS) is 15.7. The molecule has 6 heteroatoms. The van der Waals surface area contributed by atoms with Crippen LogP contribution in [0.2, 0.25) is 0 Å². The molecule has 1 heterocycles. The third-order valence-corrected chi connectivity index (χ3v) is 4.59. The van der Waals surface area contributed by atoms with Crippen molar-refractivity contribution in [2.45, 2.75) is 18.9 Å². The molecule has 0 spiro atoms. The van der Waals surface area contributed by atoms with Crippen LogP contribution in [0.5, 0.6) is 11.5 Å². The van der Waals surface area contributed by atoms with Crippen molar-refractivity contribution in [3.8, 4) is 11.5 Å². The minimum atomic E-state index is -0.301. The van der Waals surface area contributed by atoms with Crippen LogP contribution in [-0.2, 0) is 11.2 Å². The molecule has 2 aromatic rings. The van der Waals surface area contributed by atoms with Crippen molar-refractivity contribution in [2.75, 3.05) is 20.2 Å². The molecule has 0 fully saturated rings. The Kier molecular flexibility index (Phi) is 5.58. The first-order valence-electron chi connectivity index (χ1n) is 8.09. The summed E-state index contributed by atoms with van der Waals surface area (Å²) in [7, 11) is 1.73. The molecule has 0 saturated carbocycles. The lowest BCUT2D eigenvalue weighted by molar-refractivity contribution is -0.131. The molecule has 4 nitrogen and oxygen atoms in total. The molecular formula is C19H19BrFNO3. The van der Waals surface area contributed by atoms with Crippen LogP contribution in [-0.4, -0.2) is 37.1 Å². The van der Waals surface area contributed by atoms with Gasteiger partial charge in [-0.1, -0.05) is 34.1 Å². The summed E-state index contributed by atoms with van der Waals surface area (Å²) in [6, 6.07) is 12.4. The highest BCUT2D eigenvalue weighted by Crippen LogP contribution is 2.31. The van der Waals surface area contributed by atoms with Crippen molar-refractivity contribution in [3.63, 3.8) is 0 Å². The highest BCUT2D eigenvalue weighted by molar-refractivity contribution is 9.10. The van der Waals surface area contributed by atoms with E-state index < -0.39 is 0 Å². The van der Waals surface area contributed by atoms with Gasteiger partial charge in [0.05, 0.1) is 6.54 Å². The number of rotatable bonds is 5. The van der Waals surface area contributed by atoms with E-state index in [0.29, 0.717) is 35.4 Å². The first-order chi connectivity index (χ1) is 12.0. The minimum Gasteiger partial charge on any atom is -0.486 e. The lowest BCUT2D eigenvalue weighted by Gasteiger charge is -2.29. The maximum Gasteiger partial charge on any atom is 0.222 e. The van der Waals surface area contributed by atoms with Crippen molar-refractivity contribution >= 4 is 21.8 Å². The number of ether oxygens (including phenoxy) is 2. The second-order valence-electron chi connectivity index (χ2n) is 6.01. The SMILES string of the molecule is CN(CC1COc2ccccc2O1)C(=O)CCc1ccc(Br)cc1F. The number of benzene rings is 2. The number of hydrogen-bond donors (Lipinski definition) is 0. The summed E-state index contributed by atoms with van der Waals surface area (Å²) in [4.78, 5) is 13.9. The van der Waals surface area contributed by atoms with Crippen LogP contribution in [0.3, 0.4) is 0 Å². The molecule has 1 aliphatic heterocycles. The Hall–Kier alpha value is -2.08. The topological polar surface area (TPSA) is 38.8 Å². The number of nitrogens with zero attached hydrogens (tertiary/aromatic N) is 1. The molecule has 0 bridgehead atoms. The number of amides is 1. The van der Waals surface area contributed by atoms with E-state index >= 15 is 0 Å². The van der Waals surface area contributed by atoms with Crippen molar-refractivity contribution in [1.29, 1.82) is 0 Å². The van der Waals surface area contributed by atoms with Crippen LogP contribution in [0.25, 0.3) is 0 Å².